The smallest absolute Gasteiger partial charge is 0.340 e. The highest BCUT2D eigenvalue weighted by atomic mass is 32.1. The minimum atomic E-state index is -0.554. The van der Waals surface area contributed by atoms with E-state index in [1.807, 2.05) is 30.3 Å². The predicted octanol–water partition coefficient (Wildman–Crippen LogP) is 4.36. The average Bonchev–Trinajstić information content (AvgIpc) is 3.18. The lowest BCUT2D eigenvalue weighted by molar-refractivity contribution is 0.0601. The van der Waals surface area contributed by atoms with E-state index in [0.29, 0.717) is 22.9 Å². The number of ether oxygens (including phenoxy) is 3. The molecule has 0 saturated carbocycles. The largest absolute Gasteiger partial charge is 0.497 e. The second-order valence-corrected chi connectivity index (χ2v) is 7.16. The van der Waals surface area contributed by atoms with E-state index in [1.54, 1.807) is 12.1 Å². The summed E-state index contributed by atoms with van der Waals surface area (Å²) in [5.41, 5.74) is 2.54. The van der Waals surface area contributed by atoms with Gasteiger partial charge in [0.1, 0.15) is 18.1 Å². The third kappa shape index (κ3) is 3.20. The third-order valence-corrected chi connectivity index (χ3v) is 5.64. The molecule has 28 heavy (non-hydrogen) atoms. The number of benzene rings is 2. The summed E-state index contributed by atoms with van der Waals surface area (Å²) in [7, 11) is 2.79. The number of esters is 1. The van der Waals surface area contributed by atoms with Crippen molar-refractivity contribution in [2.45, 2.75) is 6.61 Å². The molecule has 0 aliphatic carbocycles. The molecule has 0 spiro atoms. The van der Waals surface area contributed by atoms with E-state index >= 15 is 0 Å². The van der Waals surface area contributed by atoms with E-state index in [2.05, 4.69) is 5.32 Å². The summed E-state index contributed by atoms with van der Waals surface area (Å²) in [6.45, 7) is 0.423. The van der Waals surface area contributed by atoms with Crippen LogP contribution in [0.15, 0.2) is 48.5 Å². The average molecular weight is 395 g/mol. The minimum absolute atomic E-state index is 0.227. The summed E-state index contributed by atoms with van der Waals surface area (Å²) >= 11 is 1.40. The standard InChI is InChI=1S/C21H17NO5S/c1-25-13-7-8-16(15(10-13)21(24)26-2)22-20(23)18-9-12-11-27-17-6-4-3-5-14(17)19(12)28-18/h3-10H,11H2,1-2H3,(H,22,23). The maximum atomic E-state index is 12.8. The molecule has 1 aromatic heterocycles. The monoisotopic (exact) mass is 395 g/mol. The summed E-state index contributed by atoms with van der Waals surface area (Å²) < 4.78 is 15.7. The SMILES string of the molecule is COC(=O)c1cc(OC)ccc1NC(=O)c1cc2c(s1)-c1ccccc1OC2. The van der Waals surface area contributed by atoms with Crippen molar-refractivity contribution >= 4 is 28.9 Å². The van der Waals surface area contributed by atoms with E-state index in [-0.39, 0.29) is 11.5 Å². The first-order valence-electron chi connectivity index (χ1n) is 8.53. The maximum absolute atomic E-state index is 12.8. The number of anilines is 1. The van der Waals surface area contributed by atoms with Crippen molar-refractivity contribution in [2.75, 3.05) is 19.5 Å². The lowest BCUT2D eigenvalue weighted by Gasteiger charge is -2.16. The molecule has 3 aromatic rings. The van der Waals surface area contributed by atoms with E-state index in [4.69, 9.17) is 14.2 Å². The van der Waals surface area contributed by atoms with Crippen molar-refractivity contribution in [1.82, 2.24) is 0 Å². The number of carbonyl (C=O) groups is 2. The number of rotatable bonds is 4. The van der Waals surface area contributed by atoms with Crippen LogP contribution in [-0.2, 0) is 11.3 Å². The Morgan fingerprint density at radius 1 is 1.11 bits per heavy atom. The van der Waals surface area contributed by atoms with Crippen LogP contribution in [0.25, 0.3) is 10.4 Å². The highest BCUT2D eigenvalue weighted by molar-refractivity contribution is 7.17. The topological polar surface area (TPSA) is 73.9 Å². The predicted molar refractivity (Wildman–Crippen MR) is 106 cm³/mol. The Morgan fingerprint density at radius 3 is 2.71 bits per heavy atom. The summed E-state index contributed by atoms with van der Waals surface area (Å²) in [5.74, 6) is 0.458. The third-order valence-electron chi connectivity index (χ3n) is 4.43. The van der Waals surface area contributed by atoms with Gasteiger partial charge in [-0.1, -0.05) is 12.1 Å². The fourth-order valence-corrected chi connectivity index (χ4v) is 4.13. The first kappa shape index (κ1) is 18.1. The van der Waals surface area contributed by atoms with Crippen molar-refractivity contribution in [1.29, 1.82) is 0 Å². The molecular weight excluding hydrogens is 378 g/mol. The van der Waals surface area contributed by atoms with Crippen LogP contribution in [0.3, 0.4) is 0 Å². The molecule has 142 valence electrons. The van der Waals surface area contributed by atoms with Crippen LogP contribution in [0.2, 0.25) is 0 Å². The minimum Gasteiger partial charge on any atom is -0.497 e. The summed E-state index contributed by atoms with van der Waals surface area (Å²) in [6, 6.07) is 14.4. The van der Waals surface area contributed by atoms with Crippen molar-refractivity contribution in [3.8, 4) is 21.9 Å². The number of nitrogens with one attached hydrogen (secondary N) is 1. The number of hydrogen-bond donors (Lipinski definition) is 1. The quantitative estimate of drug-likeness (QED) is 0.665. The van der Waals surface area contributed by atoms with Crippen molar-refractivity contribution in [3.05, 3.63) is 64.5 Å². The molecule has 0 unspecified atom stereocenters. The zero-order valence-corrected chi connectivity index (χ0v) is 16.1. The van der Waals surface area contributed by atoms with Gasteiger partial charge >= 0.3 is 5.97 Å². The van der Waals surface area contributed by atoms with Gasteiger partial charge in [-0.05, 0) is 36.4 Å². The molecule has 1 N–H and O–H groups in total. The maximum Gasteiger partial charge on any atom is 0.340 e. The fourth-order valence-electron chi connectivity index (χ4n) is 3.03. The Labute approximate surface area is 165 Å². The molecule has 0 radical (unpaired) electrons. The normalized spacial score (nSPS) is 11.6. The van der Waals surface area contributed by atoms with E-state index < -0.39 is 5.97 Å². The zero-order valence-electron chi connectivity index (χ0n) is 15.3. The number of methoxy groups -OCH3 is 2. The molecule has 0 atom stereocenters. The van der Waals surface area contributed by atoms with E-state index in [9.17, 15) is 9.59 Å². The van der Waals surface area contributed by atoms with Gasteiger partial charge < -0.3 is 19.5 Å². The Hall–Kier alpha value is -3.32. The molecule has 1 aliphatic rings. The molecule has 1 aliphatic heterocycles. The molecule has 4 rings (SSSR count). The molecule has 0 fully saturated rings. The summed E-state index contributed by atoms with van der Waals surface area (Å²) in [5, 5.41) is 2.80. The lowest BCUT2D eigenvalue weighted by atomic mass is 10.1. The van der Waals surface area contributed by atoms with Crippen molar-refractivity contribution in [2.24, 2.45) is 0 Å². The second-order valence-electron chi connectivity index (χ2n) is 6.11. The van der Waals surface area contributed by atoms with E-state index in [0.717, 1.165) is 21.8 Å². The number of fused-ring (bicyclic) bond motifs is 3. The fraction of sp³-hybridized carbons (Fsp3) is 0.143. The van der Waals surface area contributed by atoms with Crippen molar-refractivity contribution < 1.29 is 23.8 Å². The Morgan fingerprint density at radius 2 is 1.93 bits per heavy atom. The van der Waals surface area contributed by atoms with Gasteiger partial charge in [-0.15, -0.1) is 11.3 Å². The second kappa shape index (κ2) is 7.36. The van der Waals surface area contributed by atoms with Crippen LogP contribution in [0, 0.1) is 0 Å². The Kier molecular flexibility index (Phi) is 4.75. The number of amides is 1. The molecule has 1 amide bonds. The number of thiophene rings is 1. The highest BCUT2D eigenvalue weighted by Crippen LogP contribution is 2.42. The van der Waals surface area contributed by atoms with Crippen LogP contribution < -0.4 is 14.8 Å². The highest BCUT2D eigenvalue weighted by Gasteiger charge is 2.23. The summed E-state index contributed by atoms with van der Waals surface area (Å²) in [6.07, 6.45) is 0. The van der Waals surface area contributed by atoms with Crippen LogP contribution in [-0.4, -0.2) is 26.1 Å². The van der Waals surface area contributed by atoms with Gasteiger partial charge in [-0.25, -0.2) is 4.79 Å². The molecule has 6 nitrogen and oxygen atoms in total. The first-order chi connectivity index (χ1) is 13.6. The van der Waals surface area contributed by atoms with Gasteiger partial charge in [-0.3, -0.25) is 4.79 Å². The number of hydrogen-bond acceptors (Lipinski definition) is 6. The number of carbonyl (C=O) groups excluding carboxylic acids is 2. The van der Waals surface area contributed by atoms with Gasteiger partial charge in [0, 0.05) is 16.0 Å². The van der Waals surface area contributed by atoms with Gasteiger partial charge in [0.2, 0.25) is 0 Å². The first-order valence-corrected chi connectivity index (χ1v) is 9.35. The number of para-hydroxylation sites is 1. The zero-order chi connectivity index (χ0) is 19.7. The Bertz CT molecular complexity index is 1070. The van der Waals surface area contributed by atoms with Crippen LogP contribution in [0.5, 0.6) is 11.5 Å². The molecular formula is C21H17NO5S. The molecule has 2 aromatic carbocycles. The van der Waals surface area contributed by atoms with Gasteiger partial charge in [0.25, 0.3) is 5.91 Å². The van der Waals surface area contributed by atoms with Gasteiger partial charge in [-0.2, -0.15) is 0 Å². The molecule has 7 heteroatoms. The lowest BCUT2D eigenvalue weighted by Crippen LogP contribution is -2.14. The van der Waals surface area contributed by atoms with Crippen LogP contribution >= 0.6 is 11.3 Å². The summed E-state index contributed by atoms with van der Waals surface area (Å²) in [4.78, 5) is 26.5. The van der Waals surface area contributed by atoms with E-state index in [1.165, 1.54) is 31.6 Å². The Balaban J connectivity index is 1.64. The van der Waals surface area contributed by atoms with Crippen molar-refractivity contribution in [3.63, 3.8) is 0 Å². The molecule has 0 bridgehead atoms. The molecule has 2 heterocycles. The van der Waals surface area contributed by atoms with Gasteiger partial charge in [0.15, 0.2) is 0 Å². The van der Waals surface area contributed by atoms with Crippen LogP contribution in [0.1, 0.15) is 25.6 Å². The van der Waals surface area contributed by atoms with Crippen LogP contribution in [0.4, 0.5) is 5.69 Å². The molecule has 0 saturated heterocycles. The van der Waals surface area contributed by atoms with Gasteiger partial charge in [0.05, 0.1) is 30.3 Å².